The molecule has 0 saturated heterocycles. The molecule has 4 nitrogen and oxygen atoms in total. The molecule has 0 aliphatic heterocycles. The molecule has 3 rings (SSSR count). The van der Waals surface area contributed by atoms with Crippen molar-refractivity contribution in [2.24, 2.45) is 5.41 Å². The fourth-order valence-corrected chi connectivity index (χ4v) is 2.00. The van der Waals surface area contributed by atoms with Crippen LogP contribution in [0, 0.1) is 5.41 Å². The molecule has 0 bridgehead atoms. The van der Waals surface area contributed by atoms with Gasteiger partial charge in [-0.25, -0.2) is 0 Å². The van der Waals surface area contributed by atoms with Gasteiger partial charge in [-0.1, -0.05) is 18.5 Å². The summed E-state index contributed by atoms with van der Waals surface area (Å²) in [5.41, 5.74) is 1.32. The summed E-state index contributed by atoms with van der Waals surface area (Å²) in [6, 6.07) is 3.57. The van der Waals surface area contributed by atoms with E-state index in [0.717, 1.165) is 29.4 Å². The highest BCUT2D eigenvalue weighted by Crippen LogP contribution is 2.46. The van der Waals surface area contributed by atoms with Crippen LogP contribution in [0.2, 0.25) is 5.02 Å². The third-order valence-corrected chi connectivity index (χ3v) is 3.69. The van der Waals surface area contributed by atoms with Gasteiger partial charge < -0.3 is 5.32 Å². The number of anilines is 1. The number of hydrogen-bond donors (Lipinski definition) is 2. The Morgan fingerprint density at radius 2 is 2.29 bits per heavy atom. The van der Waals surface area contributed by atoms with Crippen molar-refractivity contribution in [3.63, 3.8) is 0 Å². The van der Waals surface area contributed by atoms with Gasteiger partial charge in [-0.05, 0) is 25.0 Å². The molecule has 2 aromatic rings. The minimum absolute atomic E-state index is 0.0655. The average molecular weight is 250 g/mol. The van der Waals surface area contributed by atoms with E-state index in [1.54, 1.807) is 18.3 Å². The molecule has 2 N–H and O–H groups in total. The molecular formula is C12H12ClN3O. The lowest BCUT2D eigenvalue weighted by atomic mass is 10.1. The van der Waals surface area contributed by atoms with Crippen molar-refractivity contribution in [1.82, 2.24) is 10.2 Å². The number of nitrogens with zero attached hydrogens (tertiary/aromatic N) is 1. The van der Waals surface area contributed by atoms with Gasteiger partial charge >= 0.3 is 0 Å². The van der Waals surface area contributed by atoms with Gasteiger partial charge in [0.05, 0.1) is 22.4 Å². The van der Waals surface area contributed by atoms with Gasteiger partial charge in [0, 0.05) is 10.8 Å². The van der Waals surface area contributed by atoms with Crippen molar-refractivity contribution >= 4 is 34.1 Å². The molecule has 0 spiro atoms. The third-order valence-electron chi connectivity index (χ3n) is 3.36. The van der Waals surface area contributed by atoms with Gasteiger partial charge in [0.2, 0.25) is 5.91 Å². The zero-order valence-corrected chi connectivity index (χ0v) is 10.1. The second-order valence-electron chi connectivity index (χ2n) is 4.77. The monoisotopic (exact) mass is 249 g/mol. The van der Waals surface area contributed by atoms with E-state index in [9.17, 15) is 4.79 Å². The van der Waals surface area contributed by atoms with Crippen molar-refractivity contribution in [3.05, 3.63) is 23.4 Å². The number of aromatic nitrogens is 2. The Morgan fingerprint density at radius 1 is 1.53 bits per heavy atom. The second kappa shape index (κ2) is 3.47. The summed E-state index contributed by atoms with van der Waals surface area (Å²) in [7, 11) is 0. The van der Waals surface area contributed by atoms with Crippen molar-refractivity contribution < 1.29 is 4.79 Å². The highest BCUT2D eigenvalue weighted by Gasteiger charge is 2.44. The molecule has 0 unspecified atom stereocenters. The molecule has 5 heteroatoms. The first kappa shape index (κ1) is 10.6. The zero-order valence-electron chi connectivity index (χ0n) is 9.38. The molecule has 1 aromatic carbocycles. The lowest BCUT2D eigenvalue weighted by Crippen LogP contribution is -2.21. The summed E-state index contributed by atoms with van der Waals surface area (Å²) in [6.07, 6.45) is 3.57. The van der Waals surface area contributed by atoms with Crippen LogP contribution in [0.25, 0.3) is 10.9 Å². The summed E-state index contributed by atoms with van der Waals surface area (Å²) in [5.74, 6) is 0.0655. The van der Waals surface area contributed by atoms with E-state index >= 15 is 0 Å². The number of nitrogens with one attached hydrogen (secondary N) is 2. The standard InChI is InChI=1S/C12H12ClN3O/c1-12(4-5-12)11(17)15-9-3-2-8(13)7-6-14-16-10(7)9/h2-3,6H,4-5H2,1H3,(H,14,16)(H,15,17). The second-order valence-corrected chi connectivity index (χ2v) is 5.18. The first-order valence-corrected chi connectivity index (χ1v) is 5.91. The van der Waals surface area contributed by atoms with Crippen molar-refractivity contribution in [2.45, 2.75) is 19.8 Å². The van der Waals surface area contributed by atoms with Crippen LogP contribution in [0.15, 0.2) is 18.3 Å². The first-order valence-electron chi connectivity index (χ1n) is 5.53. The maximum Gasteiger partial charge on any atom is 0.230 e. The largest absolute Gasteiger partial charge is 0.324 e. The topological polar surface area (TPSA) is 57.8 Å². The summed E-state index contributed by atoms with van der Waals surface area (Å²) in [4.78, 5) is 12.0. The van der Waals surface area contributed by atoms with Gasteiger partial charge in [-0.3, -0.25) is 9.89 Å². The third kappa shape index (κ3) is 1.69. The predicted molar refractivity (Wildman–Crippen MR) is 67.1 cm³/mol. The molecular weight excluding hydrogens is 238 g/mol. The Bertz CT molecular complexity index is 601. The quantitative estimate of drug-likeness (QED) is 0.860. The van der Waals surface area contributed by atoms with Crippen LogP contribution in [0.3, 0.4) is 0 Å². The van der Waals surface area contributed by atoms with E-state index in [0.29, 0.717) is 5.02 Å². The highest BCUT2D eigenvalue weighted by molar-refractivity contribution is 6.35. The molecule has 1 aromatic heterocycles. The minimum atomic E-state index is -0.189. The van der Waals surface area contributed by atoms with Gasteiger partial charge in [0.15, 0.2) is 0 Å². The smallest absolute Gasteiger partial charge is 0.230 e. The molecule has 1 saturated carbocycles. The highest BCUT2D eigenvalue weighted by atomic mass is 35.5. The van der Waals surface area contributed by atoms with Gasteiger partial charge in [0.25, 0.3) is 0 Å². The Kier molecular flexibility index (Phi) is 2.16. The molecule has 1 aliphatic carbocycles. The summed E-state index contributed by atoms with van der Waals surface area (Å²) in [5, 5.41) is 11.2. The van der Waals surface area contributed by atoms with Crippen molar-refractivity contribution in [2.75, 3.05) is 5.32 Å². The minimum Gasteiger partial charge on any atom is -0.324 e. The van der Waals surface area contributed by atoms with Crippen LogP contribution in [0.4, 0.5) is 5.69 Å². The number of carbonyl (C=O) groups excluding carboxylic acids is 1. The molecule has 1 aliphatic rings. The fourth-order valence-electron chi connectivity index (χ4n) is 1.79. The number of amides is 1. The lowest BCUT2D eigenvalue weighted by molar-refractivity contribution is -0.120. The number of fused-ring (bicyclic) bond motifs is 1. The normalized spacial score (nSPS) is 17.1. The summed E-state index contributed by atoms with van der Waals surface area (Å²) < 4.78 is 0. The van der Waals surface area contributed by atoms with Crippen LogP contribution >= 0.6 is 11.6 Å². The van der Waals surface area contributed by atoms with Gasteiger partial charge in [-0.2, -0.15) is 5.10 Å². The number of H-pyrrole nitrogens is 1. The van der Waals surface area contributed by atoms with E-state index < -0.39 is 0 Å². The number of aromatic amines is 1. The van der Waals surface area contributed by atoms with E-state index in [1.165, 1.54) is 0 Å². The first-order chi connectivity index (χ1) is 8.10. The van der Waals surface area contributed by atoms with Crippen LogP contribution in [-0.4, -0.2) is 16.1 Å². The van der Waals surface area contributed by atoms with E-state index in [4.69, 9.17) is 11.6 Å². The summed E-state index contributed by atoms with van der Waals surface area (Å²) in [6.45, 7) is 1.97. The molecule has 0 atom stereocenters. The van der Waals surface area contributed by atoms with Crippen LogP contribution in [0.1, 0.15) is 19.8 Å². The molecule has 0 radical (unpaired) electrons. The Morgan fingerprint density at radius 3 is 3.00 bits per heavy atom. The fraction of sp³-hybridized carbons (Fsp3) is 0.333. The van der Waals surface area contributed by atoms with E-state index in [-0.39, 0.29) is 11.3 Å². The Balaban J connectivity index is 1.98. The number of halogens is 1. The molecule has 88 valence electrons. The number of benzene rings is 1. The Hall–Kier alpha value is -1.55. The number of hydrogen-bond acceptors (Lipinski definition) is 2. The van der Waals surface area contributed by atoms with Crippen molar-refractivity contribution in [1.29, 1.82) is 0 Å². The SMILES string of the molecule is CC1(C(=O)Nc2ccc(Cl)c3cn[nH]c23)CC1. The maximum absolute atomic E-state index is 12.0. The van der Waals surface area contributed by atoms with Crippen molar-refractivity contribution in [3.8, 4) is 0 Å². The van der Waals surface area contributed by atoms with Crippen LogP contribution in [-0.2, 0) is 4.79 Å². The molecule has 1 heterocycles. The van der Waals surface area contributed by atoms with E-state index in [2.05, 4.69) is 15.5 Å². The lowest BCUT2D eigenvalue weighted by Gasteiger charge is -2.10. The van der Waals surface area contributed by atoms with Gasteiger partial charge in [-0.15, -0.1) is 0 Å². The molecule has 17 heavy (non-hydrogen) atoms. The summed E-state index contributed by atoms with van der Waals surface area (Å²) >= 11 is 6.04. The average Bonchev–Trinajstić information content (AvgIpc) is 2.88. The van der Waals surface area contributed by atoms with Gasteiger partial charge in [0.1, 0.15) is 0 Å². The molecule has 1 fully saturated rings. The van der Waals surface area contributed by atoms with E-state index in [1.807, 2.05) is 6.92 Å². The van der Waals surface area contributed by atoms with Crippen LogP contribution < -0.4 is 5.32 Å². The Labute approximate surface area is 103 Å². The zero-order chi connectivity index (χ0) is 12.0. The van der Waals surface area contributed by atoms with Crippen LogP contribution in [0.5, 0.6) is 0 Å². The molecule has 1 amide bonds. The predicted octanol–water partition coefficient (Wildman–Crippen LogP) is 2.95. The maximum atomic E-state index is 12.0. The number of rotatable bonds is 2. The number of carbonyl (C=O) groups is 1.